The van der Waals surface area contributed by atoms with Crippen molar-refractivity contribution >= 4 is 23.3 Å². The van der Waals surface area contributed by atoms with E-state index in [4.69, 9.17) is 21.4 Å². The molecule has 0 bridgehead atoms. The summed E-state index contributed by atoms with van der Waals surface area (Å²) in [5.41, 5.74) is 4.73. The standard InChI is InChI=1S/C22H21ClN4O3/c1-30-22-16-12-27(13-17(16)25-19(26-22)10-24-11-20(28)29)18-9-5-8-15(21(18)23)14-6-3-2-4-7-14/h2-9,24H,10-13H2,1H3,(H,28,29). The summed E-state index contributed by atoms with van der Waals surface area (Å²) in [6, 6.07) is 16.0. The minimum Gasteiger partial charge on any atom is -0.481 e. The van der Waals surface area contributed by atoms with Gasteiger partial charge in [-0.25, -0.2) is 4.98 Å². The number of carbonyl (C=O) groups is 1. The maximum absolute atomic E-state index is 10.7. The Morgan fingerprint density at radius 2 is 1.97 bits per heavy atom. The van der Waals surface area contributed by atoms with E-state index in [9.17, 15) is 4.79 Å². The first-order chi connectivity index (χ1) is 14.6. The van der Waals surface area contributed by atoms with Crippen molar-refractivity contribution in [2.75, 3.05) is 18.6 Å². The fraction of sp³-hybridized carbons (Fsp3) is 0.227. The second-order valence-corrected chi connectivity index (χ2v) is 7.31. The van der Waals surface area contributed by atoms with E-state index < -0.39 is 5.97 Å². The highest BCUT2D eigenvalue weighted by Gasteiger charge is 2.28. The van der Waals surface area contributed by atoms with E-state index in [2.05, 4.69) is 20.2 Å². The van der Waals surface area contributed by atoms with Crippen LogP contribution in [0.25, 0.3) is 11.1 Å². The van der Waals surface area contributed by atoms with E-state index in [0.29, 0.717) is 29.8 Å². The number of fused-ring (bicyclic) bond motifs is 1. The van der Waals surface area contributed by atoms with Crippen molar-refractivity contribution in [2.24, 2.45) is 0 Å². The lowest BCUT2D eigenvalue weighted by molar-refractivity contribution is -0.136. The highest BCUT2D eigenvalue weighted by atomic mass is 35.5. The first kappa shape index (κ1) is 20.1. The van der Waals surface area contributed by atoms with E-state index in [-0.39, 0.29) is 13.1 Å². The summed E-state index contributed by atoms with van der Waals surface area (Å²) < 4.78 is 5.48. The maximum Gasteiger partial charge on any atom is 0.317 e. The summed E-state index contributed by atoms with van der Waals surface area (Å²) in [7, 11) is 1.57. The Balaban J connectivity index is 1.61. The number of aromatic nitrogens is 2. The monoisotopic (exact) mass is 424 g/mol. The largest absolute Gasteiger partial charge is 0.481 e. The van der Waals surface area contributed by atoms with Crippen LogP contribution in [0.5, 0.6) is 5.88 Å². The van der Waals surface area contributed by atoms with Crippen molar-refractivity contribution in [2.45, 2.75) is 19.6 Å². The quantitative estimate of drug-likeness (QED) is 0.600. The molecule has 2 aromatic carbocycles. The molecule has 2 N–H and O–H groups in total. The zero-order valence-corrected chi connectivity index (χ0v) is 17.2. The van der Waals surface area contributed by atoms with Crippen LogP contribution in [0.4, 0.5) is 5.69 Å². The van der Waals surface area contributed by atoms with Gasteiger partial charge in [-0.05, 0) is 11.6 Å². The summed E-state index contributed by atoms with van der Waals surface area (Å²) in [6.07, 6.45) is 0. The Bertz CT molecular complexity index is 1080. The van der Waals surface area contributed by atoms with Crippen molar-refractivity contribution < 1.29 is 14.6 Å². The SMILES string of the molecule is COc1nc(CNCC(=O)O)nc2c1CN(c1cccc(-c3ccccc3)c1Cl)C2. The smallest absolute Gasteiger partial charge is 0.317 e. The van der Waals surface area contributed by atoms with Crippen LogP contribution >= 0.6 is 11.6 Å². The molecule has 4 rings (SSSR count). The Kier molecular flexibility index (Phi) is 5.83. The molecule has 0 fully saturated rings. The fourth-order valence-corrected chi connectivity index (χ4v) is 3.93. The Morgan fingerprint density at radius 1 is 1.17 bits per heavy atom. The van der Waals surface area contributed by atoms with Crippen LogP contribution in [-0.2, 0) is 24.4 Å². The molecule has 0 spiro atoms. The predicted octanol–water partition coefficient (Wildman–Crippen LogP) is 3.50. The molecule has 1 aromatic heterocycles. The molecule has 0 aliphatic carbocycles. The van der Waals surface area contributed by atoms with E-state index in [0.717, 1.165) is 28.1 Å². The molecule has 0 saturated heterocycles. The normalized spacial score (nSPS) is 12.7. The average molecular weight is 425 g/mol. The molecule has 0 amide bonds. The number of methoxy groups -OCH3 is 1. The number of nitrogens with one attached hydrogen (secondary N) is 1. The van der Waals surface area contributed by atoms with E-state index >= 15 is 0 Å². The van der Waals surface area contributed by atoms with Crippen molar-refractivity contribution in [3.63, 3.8) is 0 Å². The number of nitrogens with zero attached hydrogens (tertiary/aromatic N) is 3. The Morgan fingerprint density at radius 3 is 2.70 bits per heavy atom. The zero-order valence-electron chi connectivity index (χ0n) is 16.4. The van der Waals surface area contributed by atoms with Crippen LogP contribution < -0.4 is 15.0 Å². The second-order valence-electron chi connectivity index (χ2n) is 6.93. The van der Waals surface area contributed by atoms with Gasteiger partial charge in [0.25, 0.3) is 0 Å². The molecule has 30 heavy (non-hydrogen) atoms. The number of carboxylic acid groups (broad SMARTS) is 1. The van der Waals surface area contributed by atoms with Gasteiger partial charge >= 0.3 is 5.97 Å². The molecular weight excluding hydrogens is 404 g/mol. The third-order valence-electron chi connectivity index (χ3n) is 4.95. The minimum atomic E-state index is -0.928. The number of anilines is 1. The van der Waals surface area contributed by atoms with Gasteiger partial charge in [-0.3, -0.25) is 10.1 Å². The molecule has 154 valence electrons. The first-order valence-electron chi connectivity index (χ1n) is 9.51. The topological polar surface area (TPSA) is 87.6 Å². The molecule has 1 aliphatic heterocycles. The van der Waals surface area contributed by atoms with Crippen LogP contribution in [0.1, 0.15) is 17.1 Å². The number of ether oxygens (including phenoxy) is 1. The molecule has 7 nitrogen and oxygen atoms in total. The van der Waals surface area contributed by atoms with Crippen molar-refractivity contribution in [3.05, 3.63) is 70.6 Å². The zero-order chi connectivity index (χ0) is 21.1. The lowest BCUT2D eigenvalue weighted by Gasteiger charge is -2.20. The molecule has 0 unspecified atom stereocenters. The molecular formula is C22H21ClN4O3. The summed E-state index contributed by atoms with van der Waals surface area (Å²) >= 11 is 6.79. The van der Waals surface area contributed by atoms with Crippen LogP contribution in [-0.4, -0.2) is 34.7 Å². The highest BCUT2D eigenvalue weighted by molar-refractivity contribution is 6.36. The van der Waals surface area contributed by atoms with Gasteiger partial charge in [0.2, 0.25) is 5.88 Å². The van der Waals surface area contributed by atoms with E-state index in [1.54, 1.807) is 7.11 Å². The van der Waals surface area contributed by atoms with Gasteiger partial charge in [-0.2, -0.15) is 4.98 Å². The van der Waals surface area contributed by atoms with Gasteiger partial charge in [0.05, 0.1) is 55.3 Å². The van der Waals surface area contributed by atoms with Gasteiger partial charge < -0.3 is 14.7 Å². The van der Waals surface area contributed by atoms with Gasteiger partial charge in [0, 0.05) is 5.56 Å². The summed E-state index contributed by atoms with van der Waals surface area (Å²) in [4.78, 5) is 21.9. The summed E-state index contributed by atoms with van der Waals surface area (Å²) in [5, 5.41) is 12.3. The average Bonchev–Trinajstić information content (AvgIpc) is 3.17. The third kappa shape index (κ3) is 4.08. The van der Waals surface area contributed by atoms with Crippen molar-refractivity contribution in [1.82, 2.24) is 15.3 Å². The molecule has 2 heterocycles. The lowest BCUT2D eigenvalue weighted by Crippen LogP contribution is -2.23. The van der Waals surface area contributed by atoms with Crippen LogP contribution in [0, 0.1) is 0 Å². The molecule has 8 heteroatoms. The van der Waals surface area contributed by atoms with Crippen LogP contribution in [0.15, 0.2) is 48.5 Å². The number of hydrogen-bond acceptors (Lipinski definition) is 6. The number of benzene rings is 2. The van der Waals surface area contributed by atoms with Crippen LogP contribution in [0.2, 0.25) is 5.02 Å². The summed E-state index contributed by atoms with van der Waals surface area (Å²) in [5.74, 6) is 0.0741. The Hall–Kier alpha value is -3.16. The third-order valence-corrected chi connectivity index (χ3v) is 5.34. The number of halogens is 1. The molecule has 0 radical (unpaired) electrons. The van der Waals surface area contributed by atoms with Crippen LogP contribution in [0.3, 0.4) is 0 Å². The van der Waals surface area contributed by atoms with E-state index in [1.807, 2.05) is 48.5 Å². The van der Waals surface area contributed by atoms with Gasteiger partial charge in [0.1, 0.15) is 5.82 Å². The predicted molar refractivity (Wildman–Crippen MR) is 115 cm³/mol. The molecule has 1 aliphatic rings. The van der Waals surface area contributed by atoms with Gasteiger partial charge in [0.15, 0.2) is 0 Å². The van der Waals surface area contributed by atoms with Gasteiger partial charge in [-0.1, -0.05) is 54.1 Å². The minimum absolute atomic E-state index is 0.156. The number of carboxylic acids is 1. The number of rotatable bonds is 7. The molecule has 0 saturated carbocycles. The van der Waals surface area contributed by atoms with Crippen molar-refractivity contribution in [3.8, 4) is 17.0 Å². The number of hydrogen-bond donors (Lipinski definition) is 2. The molecule has 0 atom stereocenters. The van der Waals surface area contributed by atoms with Gasteiger partial charge in [-0.15, -0.1) is 0 Å². The molecule has 3 aromatic rings. The highest BCUT2D eigenvalue weighted by Crippen LogP contribution is 2.40. The first-order valence-corrected chi connectivity index (χ1v) is 9.88. The van der Waals surface area contributed by atoms with E-state index in [1.165, 1.54) is 0 Å². The summed E-state index contributed by atoms with van der Waals surface area (Å²) in [6.45, 7) is 1.24. The maximum atomic E-state index is 10.7. The Labute approximate surface area is 179 Å². The fourth-order valence-electron chi connectivity index (χ4n) is 3.58. The lowest BCUT2D eigenvalue weighted by atomic mass is 10.0. The second kappa shape index (κ2) is 8.69. The van der Waals surface area contributed by atoms with Crippen molar-refractivity contribution in [1.29, 1.82) is 0 Å². The number of aliphatic carboxylic acids is 1.